The minimum atomic E-state index is -4.78. The number of nitrogens with zero attached hydrogens (tertiary/aromatic N) is 2. The van der Waals surface area contributed by atoms with Gasteiger partial charge in [-0.2, -0.15) is 31.6 Å². The molecule has 120 valence electrons. The number of nitriles is 1. The average molecular weight is 330 g/mol. The summed E-state index contributed by atoms with van der Waals surface area (Å²) >= 11 is 0. The van der Waals surface area contributed by atoms with Crippen molar-refractivity contribution in [3.63, 3.8) is 0 Å². The summed E-state index contributed by atoms with van der Waals surface area (Å²) in [6.45, 7) is 0. The molecular formula is C15H8F6N2. The predicted octanol–water partition coefficient (Wildman–Crippen LogP) is 4.85. The molecule has 1 aromatic heterocycles. The lowest BCUT2D eigenvalue weighted by Gasteiger charge is -2.16. The summed E-state index contributed by atoms with van der Waals surface area (Å²) in [5.74, 6) is 0. The van der Waals surface area contributed by atoms with Gasteiger partial charge in [-0.05, 0) is 23.8 Å². The molecule has 1 heterocycles. The first-order valence-corrected chi connectivity index (χ1v) is 6.24. The lowest BCUT2D eigenvalue weighted by atomic mass is 9.98. The Morgan fingerprint density at radius 1 is 0.913 bits per heavy atom. The molecule has 2 rings (SSSR count). The van der Waals surface area contributed by atoms with Crippen LogP contribution in [0.2, 0.25) is 0 Å². The largest absolute Gasteiger partial charge is 0.418 e. The fourth-order valence-electron chi connectivity index (χ4n) is 2.09. The number of halogens is 6. The van der Waals surface area contributed by atoms with Crippen molar-refractivity contribution in [1.82, 2.24) is 4.98 Å². The van der Waals surface area contributed by atoms with E-state index in [-0.39, 0.29) is 11.1 Å². The summed E-state index contributed by atoms with van der Waals surface area (Å²) in [5.41, 5.74) is -2.96. The van der Waals surface area contributed by atoms with Gasteiger partial charge in [0.15, 0.2) is 0 Å². The number of hydrogen-bond acceptors (Lipinski definition) is 2. The smallest absolute Gasteiger partial charge is 0.256 e. The van der Waals surface area contributed by atoms with Crippen molar-refractivity contribution in [2.45, 2.75) is 18.8 Å². The molecule has 2 nitrogen and oxygen atoms in total. The van der Waals surface area contributed by atoms with Crippen molar-refractivity contribution >= 4 is 0 Å². The molecule has 0 N–H and O–H groups in total. The van der Waals surface area contributed by atoms with E-state index in [1.54, 1.807) is 6.07 Å². The molecule has 0 amide bonds. The topological polar surface area (TPSA) is 36.7 Å². The first kappa shape index (κ1) is 16.8. The van der Waals surface area contributed by atoms with Gasteiger partial charge < -0.3 is 0 Å². The van der Waals surface area contributed by atoms with Crippen molar-refractivity contribution in [2.75, 3.05) is 0 Å². The average Bonchev–Trinajstić information content (AvgIpc) is 2.45. The van der Waals surface area contributed by atoms with Crippen molar-refractivity contribution in [1.29, 1.82) is 5.26 Å². The molecule has 8 heteroatoms. The van der Waals surface area contributed by atoms with Crippen LogP contribution in [-0.4, -0.2) is 4.98 Å². The molecule has 0 aliphatic heterocycles. The quantitative estimate of drug-likeness (QED) is 0.738. The zero-order valence-electron chi connectivity index (χ0n) is 11.3. The Morgan fingerprint density at radius 2 is 1.52 bits per heavy atom. The van der Waals surface area contributed by atoms with E-state index in [1.807, 2.05) is 0 Å². The molecule has 0 saturated heterocycles. The second-order valence-corrected chi connectivity index (χ2v) is 4.60. The van der Waals surface area contributed by atoms with Crippen LogP contribution in [0.5, 0.6) is 0 Å². The molecule has 0 atom stereocenters. The zero-order chi connectivity index (χ0) is 17.3. The van der Waals surface area contributed by atoms with Gasteiger partial charge in [0.2, 0.25) is 0 Å². The van der Waals surface area contributed by atoms with E-state index in [0.717, 1.165) is 24.4 Å². The number of benzene rings is 1. The van der Waals surface area contributed by atoms with Gasteiger partial charge in [0.1, 0.15) is 0 Å². The summed E-state index contributed by atoms with van der Waals surface area (Å²) < 4.78 is 77.3. The van der Waals surface area contributed by atoms with E-state index < -0.39 is 35.6 Å². The molecule has 0 aliphatic carbocycles. The van der Waals surface area contributed by atoms with Gasteiger partial charge in [-0.3, -0.25) is 4.98 Å². The molecule has 0 aliphatic rings. The Morgan fingerprint density at radius 3 is 2.00 bits per heavy atom. The zero-order valence-corrected chi connectivity index (χ0v) is 11.3. The maximum Gasteiger partial charge on any atom is 0.418 e. The molecule has 0 saturated carbocycles. The minimum Gasteiger partial charge on any atom is -0.256 e. The molecule has 1 aromatic carbocycles. The summed E-state index contributed by atoms with van der Waals surface area (Å²) in [6.07, 6.45) is -8.75. The highest BCUT2D eigenvalue weighted by Gasteiger charge is 2.37. The molecule has 0 spiro atoms. The van der Waals surface area contributed by atoms with Crippen molar-refractivity contribution < 1.29 is 26.3 Å². The van der Waals surface area contributed by atoms with Crippen LogP contribution in [0.15, 0.2) is 36.5 Å². The van der Waals surface area contributed by atoms with Gasteiger partial charge in [0.25, 0.3) is 0 Å². The van der Waals surface area contributed by atoms with Gasteiger partial charge in [-0.25, -0.2) is 0 Å². The second kappa shape index (κ2) is 5.91. The molecule has 0 unspecified atom stereocenters. The van der Waals surface area contributed by atoms with Crippen molar-refractivity contribution in [3.05, 3.63) is 53.2 Å². The van der Waals surface area contributed by atoms with Gasteiger partial charge in [0, 0.05) is 11.8 Å². The van der Waals surface area contributed by atoms with Gasteiger partial charge >= 0.3 is 12.4 Å². The molecule has 0 fully saturated rings. The fourth-order valence-corrected chi connectivity index (χ4v) is 2.09. The minimum absolute atomic E-state index is 0.106. The van der Waals surface area contributed by atoms with Crippen molar-refractivity contribution in [2.24, 2.45) is 0 Å². The highest BCUT2D eigenvalue weighted by molar-refractivity contribution is 5.66. The van der Waals surface area contributed by atoms with Crippen LogP contribution in [-0.2, 0) is 18.8 Å². The monoisotopic (exact) mass is 330 g/mol. The lowest BCUT2D eigenvalue weighted by molar-refractivity contribution is -0.138. The highest BCUT2D eigenvalue weighted by atomic mass is 19.4. The van der Waals surface area contributed by atoms with E-state index in [4.69, 9.17) is 5.26 Å². The predicted molar refractivity (Wildman–Crippen MR) is 69.0 cm³/mol. The summed E-state index contributed by atoms with van der Waals surface area (Å²) in [7, 11) is 0. The lowest BCUT2D eigenvalue weighted by Crippen LogP contribution is -2.12. The molecule has 23 heavy (non-hydrogen) atoms. The van der Waals surface area contributed by atoms with Gasteiger partial charge in [-0.15, -0.1) is 0 Å². The van der Waals surface area contributed by atoms with Crippen LogP contribution in [0.25, 0.3) is 11.3 Å². The Kier molecular flexibility index (Phi) is 4.32. The molecule has 0 bridgehead atoms. The Bertz CT molecular complexity index is 739. The Balaban J connectivity index is 2.60. The van der Waals surface area contributed by atoms with Gasteiger partial charge in [-0.1, -0.05) is 12.1 Å². The standard InChI is InChI=1S/C15H8F6N2/c16-14(17,18)11-3-1-10(2-4-11)13-12(15(19,20)21)9(5-7-22)6-8-23-13/h1-4,6,8H,5H2. The van der Waals surface area contributed by atoms with Crippen LogP contribution >= 0.6 is 0 Å². The second-order valence-electron chi connectivity index (χ2n) is 4.60. The summed E-state index contributed by atoms with van der Waals surface area (Å²) in [4.78, 5) is 3.64. The van der Waals surface area contributed by atoms with Crippen LogP contribution in [0.4, 0.5) is 26.3 Å². The van der Waals surface area contributed by atoms with E-state index in [9.17, 15) is 26.3 Å². The van der Waals surface area contributed by atoms with Crippen LogP contribution in [0, 0.1) is 11.3 Å². The van der Waals surface area contributed by atoms with E-state index in [0.29, 0.717) is 12.1 Å². The fraction of sp³-hybridized carbons (Fsp3) is 0.200. The van der Waals surface area contributed by atoms with Crippen LogP contribution in [0.1, 0.15) is 16.7 Å². The first-order chi connectivity index (χ1) is 10.6. The molecular weight excluding hydrogens is 322 g/mol. The number of hydrogen-bond donors (Lipinski definition) is 0. The molecule has 0 radical (unpaired) electrons. The third-order valence-electron chi connectivity index (χ3n) is 3.08. The van der Waals surface area contributed by atoms with Crippen LogP contribution < -0.4 is 0 Å². The normalized spacial score (nSPS) is 12.0. The van der Waals surface area contributed by atoms with E-state index >= 15 is 0 Å². The SMILES string of the molecule is N#CCc1ccnc(-c2ccc(C(F)(F)F)cc2)c1C(F)(F)F. The summed E-state index contributed by atoms with van der Waals surface area (Å²) in [6, 6.07) is 5.93. The number of pyridine rings is 1. The molecule has 2 aromatic rings. The maximum atomic E-state index is 13.3. The van der Waals surface area contributed by atoms with E-state index in [1.165, 1.54) is 0 Å². The van der Waals surface area contributed by atoms with Gasteiger partial charge in [0.05, 0.1) is 29.3 Å². The number of aromatic nitrogens is 1. The third kappa shape index (κ3) is 3.62. The van der Waals surface area contributed by atoms with Crippen LogP contribution in [0.3, 0.4) is 0 Å². The van der Waals surface area contributed by atoms with E-state index in [2.05, 4.69) is 4.98 Å². The number of alkyl halides is 6. The summed E-state index contributed by atoms with van der Waals surface area (Å²) in [5, 5.41) is 8.63. The van der Waals surface area contributed by atoms with Crippen molar-refractivity contribution in [3.8, 4) is 17.3 Å². The number of rotatable bonds is 2. The highest BCUT2D eigenvalue weighted by Crippen LogP contribution is 2.39. The maximum absolute atomic E-state index is 13.3. The third-order valence-corrected chi connectivity index (χ3v) is 3.08. The first-order valence-electron chi connectivity index (χ1n) is 6.24. The Labute approximate surface area is 127 Å². The Hall–Kier alpha value is -2.56.